The minimum absolute atomic E-state index is 0.0393. The molecule has 5 rings (SSSR count). The molecule has 0 radical (unpaired) electrons. The molecule has 4 aromatic rings. The molecule has 2 aromatic heterocycles. The molecule has 1 atom stereocenters. The minimum Gasteiger partial charge on any atom is -0.486 e. The summed E-state index contributed by atoms with van der Waals surface area (Å²) in [6, 6.07) is 17.7. The van der Waals surface area contributed by atoms with Gasteiger partial charge in [0.2, 0.25) is 0 Å². The number of para-hydroxylation sites is 2. The molecule has 0 spiro atoms. The molecule has 0 unspecified atom stereocenters. The van der Waals surface area contributed by atoms with Gasteiger partial charge in [0.15, 0.2) is 34.4 Å². The number of allylic oxidation sites excluding steroid dienone is 1. The molecule has 0 aliphatic carbocycles. The van der Waals surface area contributed by atoms with Gasteiger partial charge in [-0.1, -0.05) is 49.0 Å². The van der Waals surface area contributed by atoms with Gasteiger partial charge >= 0.3 is 0 Å². The summed E-state index contributed by atoms with van der Waals surface area (Å²) in [7, 11) is 0. The second-order valence-electron chi connectivity index (χ2n) is 9.69. The van der Waals surface area contributed by atoms with Crippen molar-refractivity contribution < 1.29 is 19.0 Å². The fourth-order valence-electron chi connectivity index (χ4n) is 4.74. The number of thioether (sulfide) groups is 1. The Morgan fingerprint density at radius 2 is 1.90 bits per heavy atom. The topological polar surface area (TPSA) is 80.4 Å². The zero-order chi connectivity index (χ0) is 28.1. The van der Waals surface area contributed by atoms with Crippen molar-refractivity contribution in [2.45, 2.75) is 58.1 Å². The van der Waals surface area contributed by atoms with Crippen LogP contribution in [0.3, 0.4) is 0 Å². The predicted molar refractivity (Wildman–Crippen MR) is 156 cm³/mol. The van der Waals surface area contributed by atoms with E-state index in [4.69, 9.17) is 14.2 Å². The van der Waals surface area contributed by atoms with Crippen LogP contribution >= 0.6 is 11.8 Å². The molecule has 0 N–H and O–H groups in total. The molecule has 0 saturated carbocycles. The Bertz CT molecular complexity index is 1490. The quantitative estimate of drug-likeness (QED) is 0.123. The second-order valence-corrected chi connectivity index (χ2v) is 10.6. The number of ketones is 1. The van der Waals surface area contributed by atoms with E-state index in [1.165, 1.54) is 17.3 Å². The summed E-state index contributed by atoms with van der Waals surface area (Å²) in [5.74, 6) is 3.25. The number of aryl methyl sites for hydroxylation is 2. The van der Waals surface area contributed by atoms with E-state index in [9.17, 15) is 4.79 Å². The largest absolute Gasteiger partial charge is 0.486 e. The van der Waals surface area contributed by atoms with Crippen LogP contribution in [0.2, 0.25) is 0 Å². The first-order chi connectivity index (χ1) is 19.5. The van der Waals surface area contributed by atoms with Crippen LogP contribution in [0.25, 0.3) is 0 Å². The van der Waals surface area contributed by atoms with E-state index < -0.39 is 0 Å². The van der Waals surface area contributed by atoms with Crippen molar-refractivity contribution in [3.05, 3.63) is 95.6 Å². The van der Waals surface area contributed by atoms with Crippen molar-refractivity contribution >= 4 is 17.5 Å². The molecule has 1 aliphatic heterocycles. The van der Waals surface area contributed by atoms with Crippen molar-refractivity contribution in [3.8, 4) is 17.2 Å². The number of hydrogen-bond acceptors (Lipinski definition) is 7. The molecule has 0 bridgehead atoms. The third-order valence-corrected chi connectivity index (χ3v) is 7.93. The Hall–Kier alpha value is -3.98. The lowest BCUT2D eigenvalue weighted by Gasteiger charge is -2.27. The van der Waals surface area contributed by atoms with Crippen molar-refractivity contribution in [1.82, 2.24) is 19.3 Å². The summed E-state index contributed by atoms with van der Waals surface area (Å²) < 4.78 is 22.0. The van der Waals surface area contributed by atoms with Crippen molar-refractivity contribution in [2.75, 3.05) is 12.4 Å². The number of carbonyl (C=O) groups excluding carboxylic acids is 1. The maximum atomic E-state index is 13.3. The van der Waals surface area contributed by atoms with Crippen molar-refractivity contribution in [1.29, 1.82) is 0 Å². The molecule has 40 heavy (non-hydrogen) atoms. The molecule has 0 amide bonds. The summed E-state index contributed by atoms with van der Waals surface area (Å²) in [6.07, 6.45) is 2.63. The normalized spacial score (nSPS) is 14.2. The molecule has 3 heterocycles. The highest BCUT2D eigenvalue weighted by Crippen LogP contribution is 2.32. The molecule has 8 nitrogen and oxygen atoms in total. The highest BCUT2D eigenvalue weighted by atomic mass is 32.2. The van der Waals surface area contributed by atoms with Gasteiger partial charge in [-0.3, -0.25) is 9.36 Å². The predicted octanol–water partition coefficient (Wildman–Crippen LogP) is 5.84. The van der Waals surface area contributed by atoms with Gasteiger partial charge in [0.25, 0.3) is 0 Å². The van der Waals surface area contributed by atoms with Gasteiger partial charge < -0.3 is 18.8 Å². The molecule has 1 aliphatic rings. The lowest BCUT2D eigenvalue weighted by atomic mass is 10.2. The van der Waals surface area contributed by atoms with Crippen LogP contribution in [-0.4, -0.2) is 43.6 Å². The van der Waals surface area contributed by atoms with Gasteiger partial charge in [-0.2, -0.15) is 0 Å². The molecule has 2 aromatic carbocycles. The van der Waals surface area contributed by atoms with Crippen molar-refractivity contribution in [3.63, 3.8) is 0 Å². The molecule has 208 valence electrons. The summed E-state index contributed by atoms with van der Waals surface area (Å²) in [6.45, 7) is 11.8. The van der Waals surface area contributed by atoms with Crippen LogP contribution < -0.4 is 14.2 Å². The van der Waals surface area contributed by atoms with E-state index >= 15 is 0 Å². The van der Waals surface area contributed by atoms with E-state index in [0.717, 1.165) is 35.1 Å². The Morgan fingerprint density at radius 3 is 2.65 bits per heavy atom. The van der Waals surface area contributed by atoms with Gasteiger partial charge in [-0.25, -0.2) is 0 Å². The minimum atomic E-state index is -0.139. The van der Waals surface area contributed by atoms with Crippen LogP contribution in [-0.2, 0) is 26.1 Å². The first-order valence-electron chi connectivity index (χ1n) is 13.4. The van der Waals surface area contributed by atoms with Crippen LogP contribution in [0.15, 0.2) is 72.4 Å². The zero-order valence-corrected chi connectivity index (χ0v) is 23.9. The maximum absolute atomic E-state index is 13.3. The average molecular weight is 559 g/mol. The summed E-state index contributed by atoms with van der Waals surface area (Å²) in [5.41, 5.74) is 3.89. The smallest absolute Gasteiger partial charge is 0.192 e. The Labute approximate surface area is 239 Å². The van der Waals surface area contributed by atoms with Crippen molar-refractivity contribution in [2.24, 2.45) is 0 Å². The van der Waals surface area contributed by atoms with E-state index in [1.807, 2.05) is 60.9 Å². The van der Waals surface area contributed by atoms with Gasteiger partial charge in [0.05, 0.1) is 12.3 Å². The Morgan fingerprint density at radius 1 is 1.12 bits per heavy atom. The fraction of sp³-hybridized carbons (Fsp3) is 0.323. The number of benzene rings is 2. The zero-order valence-electron chi connectivity index (χ0n) is 23.1. The van der Waals surface area contributed by atoms with Crippen LogP contribution in [0.4, 0.5) is 0 Å². The summed E-state index contributed by atoms with van der Waals surface area (Å²) >= 11 is 1.37. The number of rotatable bonds is 12. The van der Waals surface area contributed by atoms with Crippen LogP contribution in [0.1, 0.15) is 40.1 Å². The molecular formula is C31H34N4O4S. The molecule has 0 saturated heterocycles. The van der Waals surface area contributed by atoms with E-state index in [2.05, 4.69) is 40.4 Å². The lowest BCUT2D eigenvalue weighted by molar-refractivity contribution is 0.0777. The Balaban J connectivity index is 1.22. The number of Topliss-reactive ketones (excluding diaryl/α,β-unsaturated/α-hetero) is 1. The van der Waals surface area contributed by atoms with Gasteiger partial charge in [-0.15, -0.1) is 16.8 Å². The fourth-order valence-corrected chi connectivity index (χ4v) is 5.59. The monoisotopic (exact) mass is 558 g/mol. The van der Waals surface area contributed by atoms with Gasteiger partial charge in [0.1, 0.15) is 19.0 Å². The maximum Gasteiger partial charge on any atom is 0.192 e. The highest BCUT2D eigenvalue weighted by molar-refractivity contribution is 7.99. The number of fused-ring (bicyclic) bond motifs is 1. The number of ether oxygens (including phenoxy) is 3. The Kier molecular flexibility index (Phi) is 8.60. The van der Waals surface area contributed by atoms with Gasteiger partial charge in [-0.05, 0) is 56.2 Å². The standard InChI is InChI=1S/C31H34N4O4S/c1-5-15-34-30(19-37-24-13-11-23(6-2)12-14-24)32-33-31(34)40-20-27(36)26-16-21(3)35(22(26)4)17-25-18-38-28-9-7-8-10-29(28)39-25/h5,7-14,16,25H,1,6,15,17-20H2,2-4H3/t25-/m1/s1. The molecular weight excluding hydrogens is 524 g/mol. The van der Waals surface area contributed by atoms with E-state index in [1.54, 1.807) is 6.08 Å². The SMILES string of the molecule is C=CCn1c(COc2ccc(CC)cc2)nnc1SCC(=O)c1cc(C)n(C[C@@H]2COc3ccccc3O2)c1C. The van der Waals surface area contributed by atoms with Crippen LogP contribution in [0.5, 0.6) is 17.2 Å². The third kappa shape index (κ3) is 6.09. The van der Waals surface area contributed by atoms with E-state index in [0.29, 0.717) is 36.2 Å². The summed E-state index contributed by atoms with van der Waals surface area (Å²) in [4.78, 5) is 13.3. The second kappa shape index (κ2) is 12.5. The third-order valence-electron chi connectivity index (χ3n) is 6.96. The summed E-state index contributed by atoms with van der Waals surface area (Å²) in [5, 5.41) is 9.33. The number of nitrogens with zero attached hydrogens (tertiary/aromatic N) is 4. The first kappa shape index (κ1) is 27.6. The van der Waals surface area contributed by atoms with Crippen LogP contribution in [0, 0.1) is 13.8 Å². The number of aromatic nitrogens is 4. The van der Waals surface area contributed by atoms with Gasteiger partial charge in [0, 0.05) is 23.5 Å². The first-order valence-corrected chi connectivity index (χ1v) is 14.4. The molecule has 9 heteroatoms. The van der Waals surface area contributed by atoms with E-state index in [-0.39, 0.29) is 24.2 Å². The average Bonchev–Trinajstić information content (AvgIpc) is 3.50. The number of hydrogen-bond donors (Lipinski definition) is 0. The number of carbonyl (C=O) groups is 1. The lowest BCUT2D eigenvalue weighted by Crippen LogP contribution is -2.33. The highest BCUT2D eigenvalue weighted by Gasteiger charge is 2.24. The molecule has 0 fully saturated rings.